The van der Waals surface area contributed by atoms with Crippen molar-refractivity contribution < 1.29 is 8.42 Å². The minimum atomic E-state index is -3.51. The number of nitrogens with zero attached hydrogens (tertiary/aromatic N) is 3. The number of hydrogen-bond donors (Lipinski definition) is 0. The number of fused-ring (bicyclic) bond motifs is 1. The lowest BCUT2D eigenvalue weighted by Crippen LogP contribution is -2.26. The van der Waals surface area contributed by atoms with Gasteiger partial charge in [0.2, 0.25) is 10.0 Å². The fraction of sp³-hybridized carbons (Fsp3) is 0.188. The standard InChI is InChI=1S/C16H17N3O2S/c1-13-6-8-15(9-7-13)22(20,21)18(2)11-14-12-19-10-4-3-5-16(19)17-14/h3-10,12H,11H2,1-2H3. The first-order valence-electron chi connectivity index (χ1n) is 6.92. The van der Waals surface area contributed by atoms with Crippen LogP contribution in [0.4, 0.5) is 0 Å². The lowest BCUT2D eigenvalue weighted by Gasteiger charge is -2.16. The zero-order valence-corrected chi connectivity index (χ0v) is 13.3. The highest BCUT2D eigenvalue weighted by molar-refractivity contribution is 7.89. The molecule has 0 unspecified atom stereocenters. The van der Waals surface area contributed by atoms with Crippen LogP contribution >= 0.6 is 0 Å². The smallest absolute Gasteiger partial charge is 0.243 e. The van der Waals surface area contributed by atoms with Crippen LogP contribution in [0.5, 0.6) is 0 Å². The van der Waals surface area contributed by atoms with Crippen LogP contribution in [0, 0.1) is 6.92 Å². The molecule has 0 fully saturated rings. The van der Waals surface area contributed by atoms with Crippen LogP contribution in [0.3, 0.4) is 0 Å². The van der Waals surface area contributed by atoms with Crippen molar-refractivity contribution in [1.82, 2.24) is 13.7 Å². The molecule has 3 aromatic rings. The van der Waals surface area contributed by atoms with Crippen molar-refractivity contribution in [2.24, 2.45) is 0 Å². The van der Waals surface area contributed by atoms with Crippen molar-refractivity contribution in [3.63, 3.8) is 0 Å². The molecular weight excluding hydrogens is 298 g/mol. The molecule has 114 valence electrons. The third kappa shape index (κ3) is 2.75. The van der Waals surface area contributed by atoms with Gasteiger partial charge < -0.3 is 4.40 Å². The summed E-state index contributed by atoms with van der Waals surface area (Å²) in [6.07, 6.45) is 3.73. The van der Waals surface area contributed by atoms with Gasteiger partial charge in [-0.2, -0.15) is 4.31 Å². The molecule has 1 aromatic carbocycles. The fourth-order valence-electron chi connectivity index (χ4n) is 2.27. The van der Waals surface area contributed by atoms with Crippen molar-refractivity contribution in [1.29, 1.82) is 0 Å². The second-order valence-electron chi connectivity index (χ2n) is 5.27. The molecule has 0 aliphatic carbocycles. The molecular formula is C16H17N3O2S. The molecule has 2 heterocycles. The van der Waals surface area contributed by atoms with Crippen molar-refractivity contribution in [3.05, 3.63) is 66.1 Å². The Hall–Kier alpha value is -2.18. The summed E-state index contributed by atoms with van der Waals surface area (Å²) in [6, 6.07) is 12.6. The summed E-state index contributed by atoms with van der Waals surface area (Å²) in [6.45, 7) is 2.16. The predicted octanol–water partition coefficient (Wildman–Crippen LogP) is 2.46. The molecule has 0 bridgehead atoms. The van der Waals surface area contributed by atoms with Gasteiger partial charge in [-0.25, -0.2) is 13.4 Å². The van der Waals surface area contributed by atoms with Gasteiger partial charge in [0.1, 0.15) is 5.65 Å². The van der Waals surface area contributed by atoms with Gasteiger partial charge >= 0.3 is 0 Å². The van der Waals surface area contributed by atoms with Crippen LogP contribution in [0.25, 0.3) is 5.65 Å². The molecule has 0 radical (unpaired) electrons. The molecule has 0 saturated heterocycles. The average Bonchev–Trinajstić information content (AvgIpc) is 2.89. The van der Waals surface area contributed by atoms with Crippen LogP contribution in [-0.4, -0.2) is 29.2 Å². The Balaban J connectivity index is 1.86. The van der Waals surface area contributed by atoms with Gasteiger partial charge in [-0.1, -0.05) is 23.8 Å². The number of aromatic nitrogens is 2. The molecule has 0 aliphatic heterocycles. The highest BCUT2D eigenvalue weighted by Gasteiger charge is 2.21. The summed E-state index contributed by atoms with van der Waals surface area (Å²) in [5.41, 5.74) is 2.55. The Bertz CT molecular complexity index is 866. The van der Waals surface area contributed by atoms with E-state index in [-0.39, 0.29) is 6.54 Å². The number of imidazole rings is 1. The van der Waals surface area contributed by atoms with E-state index in [0.717, 1.165) is 11.2 Å². The van der Waals surface area contributed by atoms with Gasteiger partial charge in [-0.15, -0.1) is 0 Å². The van der Waals surface area contributed by atoms with Crippen molar-refractivity contribution in [2.75, 3.05) is 7.05 Å². The molecule has 0 amide bonds. The average molecular weight is 315 g/mol. The molecule has 22 heavy (non-hydrogen) atoms. The Morgan fingerprint density at radius 3 is 2.55 bits per heavy atom. The quantitative estimate of drug-likeness (QED) is 0.743. The molecule has 0 spiro atoms. The number of aryl methyl sites for hydroxylation is 1. The SMILES string of the molecule is Cc1ccc(S(=O)(=O)N(C)Cc2cn3ccccc3n2)cc1. The van der Waals surface area contributed by atoms with E-state index in [1.165, 1.54) is 4.31 Å². The van der Waals surface area contributed by atoms with Crippen LogP contribution in [0.2, 0.25) is 0 Å². The van der Waals surface area contributed by atoms with E-state index in [1.807, 2.05) is 41.9 Å². The monoisotopic (exact) mass is 315 g/mol. The zero-order valence-electron chi connectivity index (χ0n) is 12.5. The van der Waals surface area contributed by atoms with E-state index in [2.05, 4.69) is 4.98 Å². The van der Waals surface area contributed by atoms with E-state index >= 15 is 0 Å². The van der Waals surface area contributed by atoms with Gasteiger partial charge in [0.15, 0.2) is 0 Å². The molecule has 0 N–H and O–H groups in total. The largest absolute Gasteiger partial charge is 0.307 e. The van der Waals surface area contributed by atoms with Crippen molar-refractivity contribution in [3.8, 4) is 0 Å². The predicted molar refractivity (Wildman–Crippen MR) is 85.0 cm³/mol. The van der Waals surface area contributed by atoms with Gasteiger partial charge in [0, 0.05) is 19.4 Å². The summed E-state index contributed by atoms with van der Waals surface area (Å²) in [5, 5.41) is 0. The Kier molecular flexibility index (Phi) is 3.72. The lowest BCUT2D eigenvalue weighted by atomic mass is 10.2. The Morgan fingerprint density at radius 1 is 1.14 bits per heavy atom. The molecule has 0 saturated carbocycles. The van der Waals surface area contributed by atoms with Crippen molar-refractivity contribution in [2.45, 2.75) is 18.4 Å². The second kappa shape index (κ2) is 5.55. The zero-order chi connectivity index (χ0) is 15.7. The number of pyridine rings is 1. The van der Waals surface area contributed by atoms with E-state index in [4.69, 9.17) is 0 Å². The summed E-state index contributed by atoms with van der Waals surface area (Å²) in [7, 11) is -1.94. The first-order valence-corrected chi connectivity index (χ1v) is 8.36. The Morgan fingerprint density at radius 2 is 1.86 bits per heavy atom. The molecule has 3 rings (SSSR count). The van der Waals surface area contributed by atoms with Crippen LogP contribution < -0.4 is 0 Å². The van der Waals surface area contributed by atoms with E-state index < -0.39 is 10.0 Å². The normalized spacial score (nSPS) is 12.1. The van der Waals surface area contributed by atoms with E-state index in [9.17, 15) is 8.42 Å². The lowest BCUT2D eigenvalue weighted by molar-refractivity contribution is 0.463. The summed E-state index contributed by atoms with van der Waals surface area (Å²) in [4.78, 5) is 4.73. The maximum absolute atomic E-state index is 12.6. The van der Waals surface area contributed by atoms with Gasteiger partial charge in [0.05, 0.1) is 17.1 Å². The molecule has 6 heteroatoms. The summed E-state index contributed by atoms with van der Waals surface area (Å²) < 4.78 is 28.3. The maximum atomic E-state index is 12.6. The Labute approximate surface area is 129 Å². The van der Waals surface area contributed by atoms with Gasteiger partial charge in [-0.05, 0) is 31.2 Å². The van der Waals surface area contributed by atoms with Gasteiger partial charge in [0.25, 0.3) is 0 Å². The van der Waals surface area contributed by atoms with Gasteiger partial charge in [-0.3, -0.25) is 0 Å². The third-order valence-electron chi connectivity index (χ3n) is 3.53. The first kappa shape index (κ1) is 14.7. The third-order valence-corrected chi connectivity index (χ3v) is 5.35. The number of hydrogen-bond acceptors (Lipinski definition) is 3. The maximum Gasteiger partial charge on any atom is 0.243 e. The van der Waals surface area contributed by atoms with Crippen molar-refractivity contribution >= 4 is 15.7 Å². The second-order valence-corrected chi connectivity index (χ2v) is 7.32. The highest BCUT2D eigenvalue weighted by Crippen LogP contribution is 2.17. The highest BCUT2D eigenvalue weighted by atomic mass is 32.2. The van der Waals surface area contributed by atoms with E-state index in [1.54, 1.807) is 31.3 Å². The minimum Gasteiger partial charge on any atom is -0.307 e. The number of benzene rings is 1. The summed E-state index contributed by atoms with van der Waals surface area (Å²) >= 11 is 0. The molecule has 0 aliphatic rings. The van der Waals surface area contributed by atoms with E-state index in [0.29, 0.717) is 10.6 Å². The molecule has 5 nitrogen and oxygen atoms in total. The molecule has 2 aromatic heterocycles. The van der Waals surface area contributed by atoms with Crippen LogP contribution in [0.15, 0.2) is 59.8 Å². The number of rotatable bonds is 4. The fourth-order valence-corrected chi connectivity index (χ4v) is 3.41. The first-order chi connectivity index (χ1) is 10.5. The van der Waals surface area contributed by atoms with Crippen LogP contribution in [-0.2, 0) is 16.6 Å². The summed E-state index contributed by atoms with van der Waals surface area (Å²) in [5.74, 6) is 0. The number of sulfonamides is 1. The van der Waals surface area contributed by atoms with Crippen LogP contribution in [0.1, 0.15) is 11.3 Å². The minimum absolute atomic E-state index is 0.234. The molecule has 0 atom stereocenters. The topological polar surface area (TPSA) is 54.7 Å².